The monoisotopic (exact) mass is 462 g/mol. The first-order chi connectivity index (χ1) is 16.5. The number of ether oxygens (including phenoxy) is 1. The number of nitrogens with one attached hydrogen (secondary N) is 1. The van der Waals surface area contributed by atoms with Crippen molar-refractivity contribution in [3.63, 3.8) is 0 Å². The zero-order chi connectivity index (χ0) is 23.7. The third kappa shape index (κ3) is 4.61. The van der Waals surface area contributed by atoms with Gasteiger partial charge in [0.2, 0.25) is 0 Å². The lowest BCUT2D eigenvalue weighted by atomic mass is 10.1. The number of carbonyl (C=O) groups is 2. The second-order valence-electron chi connectivity index (χ2n) is 9.24. The Bertz CT molecular complexity index is 1210. The summed E-state index contributed by atoms with van der Waals surface area (Å²) in [6.45, 7) is 3.64. The van der Waals surface area contributed by atoms with Crippen LogP contribution in [0.25, 0.3) is 10.9 Å². The van der Waals surface area contributed by atoms with Gasteiger partial charge in [0, 0.05) is 19.7 Å². The van der Waals surface area contributed by atoms with Gasteiger partial charge in [-0.25, -0.2) is 9.67 Å². The Hall–Kier alpha value is -3.46. The molecule has 1 saturated heterocycles. The van der Waals surface area contributed by atoms with Gasteiger partial charge < -0.3 is 20.7 Å². The number of anilines is 2. The van der Waals surface area contributed by atoms with Crippen LogP contribution in [0.1, 0.15) is 49.5 Å². The number of nitrogen functional groups attached to an aromatic ring is 1. The van der Waals surface area contributed by atoms with Crippen LogP contribution in [0.2, 0.25) is 0 Å². The Morgan fingerprint density at radius 3 is 2.76 bits per heavy atom. The Morgan fingerprint density at radius 1 is 1.21 bits per heavy atom. The van der Waals surface area contributed by atoms with Gasteiger partial charge in [0.1, 0.15) is 11.3 Å². The molecule has 1 aromatic carbocycles. The molecule has 3 heterocycles. The van der Waals surface area contributed by atoms with Crippen molar-refractivity contribution in [3.05, 3.63) is 47.8 Å². The number of amides is 2. The summed E-state index contributed by atoms with van der Waals surface area (Å²) in [5.41, 5.74) is 9.22. The van der Waals surface area contributed by atoms with E-state index in [9.17, 15) is 9.59 Å². The van der Waals surface area contributed by atoms with E-state index in [4.69, 9.17) is 10.5 Å². The fourth-order valence-corrected chi connectivity index (χ4v) is 4.45. The number of pyridine rings is 1. The largest absolute Gasteiger partial charge is 0.383 e. The first kappa shape index (κ1) is 22.3. The predicted octanol–water partition coefficient (Wildman–Crippen LogP) is 3.40. The van der Waals surface area contributed by atoms with E-state index in [1.54, 1.807) is 15.8 Å². The van der Waals surface area contributed by atoms with Gasteiger partial charge in [-0.2, -0.15) is 5.10 Å². The molecule has 1 aliphatic heterocycles. The van der Waals surface area contributed by atoms with Gasteiger partial charge in [0.15, 0.2) is 6.23 Å². The van der Waals surface area contributed by atoms with Crippen LogP contribution >= 0.6 is 0 Å². The van der Waals surface area contributed by atoms with Crippen molar-refractivity contribution in [2.75, 3.05) is 24.2 Å². The highest BCUT2D eigenvalue weighted by molar-refractivity contribution is 6.40. The van der Waals surface area contributed by atoms with E-state index >= 15 is 0 Å². The van der Waals surface area contributed by atoms with Gasteiger partial charge in [-0.05, 0) is 56.1 Å². The summed E-state index contributed by atoms with van der Waals surface area (Å²) in [6.07, 6.45) is 7.89. The zero-order valence-electron chi connectivity index (χ0n) is 19.4. The molecular weight excluding hydrogens is 432 g/mol. The highest BCUT2D eigenvalue weighted by Gasteiger charge is 2.31. The molecule has 2 fully saturated rings. The molecule has 5 rings (SSSR count). The van der Waals surface area contributed by atoms with E-state index in [1.807, 2.05) is 31.2 Å². The lowest BCUT2D eigenvalue weighted by molar-refractivity contribution is -0.143. The molecule has 1 unspecified atom stereocenters. The van der Waals surface area contributed by atoms with Crippen LogP contribution in [0.5, 0.6) is 0 Å². The van der Waals surface area contributed by atoms with Gasteiger partial charge in [0.25, 0.3) is 0 Å². The third-order valence-electron chi connectivity index (χ3n) is 6.62. The number of benzene rings is 1. The minimum Gasteiger partial charge on any atom is -0.383 e. The van der Waals surface area contributed by atoms with Crippen molar-refractivity contribution in [2.24, 2.45) is 5.92 Å². The molecular formula is C25H30N6O3. The van der Waals surface area contributed by atoms with E-state index in [0.29, 0.717) is 48.0 Å². The molecule has 9 nitrogen and oxygen atoms in total. The third-order valence-corrected chi connectivity index (χ3v) is 6.62. The van der Waals surface area contributed by atoms with E-state index in [-0.39, 0.29) is 6.23 Å². The van der Waals surface area contributed by atoms with E-state index < -0.39 is 11.8 Å². The normalized spacial score (nSPS) is 18.1. The predicted molar refractivity (Wildman–Crippen MR) is 129 cm³/mol. The summed E-state index contributed by atoms with van der Waals surface area (Å²) in [5, 5.41) is 7.87. The molecule has 1 atom stereocenters. The molecule has 0 spiro atoms. The number of nitrogens with two attached hydrogens (primary N) is 1. The summed E-state index contributed by atoms with van der Waals surface area (Å²) in [7, 11) is 0. The molecule has 2 aliphatic rings. The quantitative estimate of drug-likeness (QED) is 0.543. The average molecular weight is 463 g/mol. The number of carbonyl (C=O) groups excluding carboxylic acids is 2. The van der Waals surface area contributed by atoms with Crippen LogP contribution < -0.4 is 11.1 Å². The Morgan fingerprint density at radius 2 is 2.03 bits per heavy atom. The smallest absolute Gasteiger partial charge is 0.314 e. The molecule has 2 aromatic heterocycles. The second-order valence-corrected chi connectivity index (χ2v) is 9.24. The summed E-state index contributed by atoms with van der Waals surface area (Å²) < 4.78 is 7.63. The molecule has 34 heavy (non-hydrogen) atoms. The molecule has 9 heteroatoms. The fraction of sp³-hybridized carbons (Fsp3) is 0.440. The lowest BCUT2D eigenvalue weighted by Gasteiger charge is -2.25. The molecule has 1 aliphatic carbocycles. The van der Waals surface area contributed by atoms with Crippen molar-refractivity contribution in [2.45, 2.75) is 51.8 Å². The Kier molecular flexibility index (Phi) is 6.19. The van der Waals surface area contributed by atoms with Crippen LogP contribution in [0.3, 0.4) is 0 Å². The minimum absolute atomic E-state index is 0.244. The number of aromatic nitrogens is 3. The van der Waals surface area contributed by atoms with E-state index in [0.717, 1.165) is 43.2 Å². The minimum atomic E-state index is -0.695. The topological polar surface area (TPSA) is 115 Å². The molecule has 1 saturated carbocycles. The molecule has 0 radical (unpaired) electrons. The molecule has 3 N–H and O–H groups in total. The summed E-state index contributed by atoms with van der Waals surface area (Å²) >= 11 is 0. The Labute approximate surface area is 198 Å². The number of hydrogen-bond donors (Lipinski definition) is 2. The van der Waals surface area contributed by atoms with Gasteiger partial charge in [0.05, 0.1) is 23.5 Å². The van der Waals surface area contributed by atoms with Crippen LogP contribution in [0, 0.1) is 12.8 Å². The van der Waals surface area contributed by atoms with Crippen LogP contribution in [0.15, 0.2) is 36.7 Å². The number of nitrogens with zero attached hydrogens (tertiary/aromatic N) is 4. The van der Waals surface area contributed by atoms with Crippen molar-refractivity contribution >= 4 is 34.2 Å². The van der Waals surface area contributed by atoms with Crippen LogP contribution in [-0.2, 0) is 20.9 Å². The molecule has 2 amide bonds. The first-order valence-electron chi connectivity index (χ1n) is 11.9. The van der Waals surface area contributed by atoms with Crippen molar-refractivity contribution in [1.82, 2.24) is 19.7 Å². The lowest BCUT2D eigenvalue weighted by Crippen LogP contribution is -2.40. The van der Waals surface area contributed by atoms with Crippen molar-refractivity contribution in [1.29, 1.82) is 0 Å². The molecule has 3 aromatic rings. The summed E-state index contributed by atoms with van der Waals surface area (Å²) in [6, 6.07) is 7.93. The van der Waals surface area contributed by atoms with Crippen molar-refractivity contribution < 1.29 is 14.3 Å². The Balaban J connectivity index is 1.40. The summed E-state index contributed by atoms with van der Waals surface area (Å²) in [5.74, 6) is -0.480. The standard InChI is InChI=1S/C25H30N6O3/c1-16-6-2-3-7-18(16)15-30(14-17-9-10-17)25(33)24(32)29-20-13-27-23(26)19-12-28-31(22(19)20)21-8-4-5-11-34-21/h2-3,6-7,12-13,17,21H,4-5,8-11,14-15H2,1H3,(H2,26,27)(H,29,32). The molecule has 0 bridgehead atoms. The first-order valence-corrected chi connectivity index (χ1v) is 11.9. The van der Waals surface area contributed by atoms with Gasteiger partial charge in [-0.1, -0.05) is 24.3 Å². The molecule has 178 valence electrons. The highest BCUT2D eigenvalue weighted by Crippen LogP contribution is 2.33. The highest BCUT2D eigenvalue weighted by atomic mass is 16.5. The van der Waals surface area contributed by atoms with Gasteiger partial charge in [-0.15, -0.1) is 0 Å². The number of hydrogen-bond acceptors (Lipinski definition) is 6. The summed E-state index contributed by atoms with van der Waals surface area (Å²) in [4.78, 5) is 32.3. The maximum atomic E-state index is 13.3. The number of rotatable bonds is 6. The van der Waals surface area contributed by atoms with Gasteiger partial charge >= 0.3 is 11.8 Å². The average Bonchev–Trinajstić information content (AvgIpc) is 3.55. The zero-order valence-corrected chi connectivity index (χ0v) is 19.4. The number of aryl methyl sites for hydroxylation is 1. The van der Waals surface area contributed by atoms with Crippen LogP contribution in [-0.4, -0.2) is 44.6 Å². The second kappa shape index (κ2) is 9.42. The maximum Gasteiger partial charge on any atom is 0.314 e. The van der Waals surface area contributed by atoms with Crippen molar-refractivity contribution in [3.8, 4) is 0 Å². The van der Waals surface area contributed by atoms with Crippen LogP contribution in [0.4, 0.5) is 11.5 Å². The van der Waals surface area contributed by atoms with E-state index in [2.05, 4.69) is 15.4 Å². The maximum absolute atomic E-state index is 13.3. The SMILES string of the molecule is Cc1ccccc1CN(CC1CC1)C(=O)C(=O)Nc1cnc(N)c2cnn(C3CCCCO3)c12. The van der Waals surface area contributed by atoms with E-state index in [1.165, 1.54) is 6.20 Å². The fourth-order valence-electron chi connectivity index (χ4n) is 4.45. The van der Waals surface area contributed by atoms with Gasteiger partial charge in [-0.3, -0.25) is 9.59 Å². The number of fused-ring (bicyclic) bond motifs is 1.